The Balaban J connectivity index is 1.83. The summed E-state index contributed by atoms with van der Waals surface area (Å²) >= 11 is 0. The van der Waals surface area contributed by atoms with Crippen molar-refractivity contribution in [1.29, 1.82) is 0 Å². The van der Waals surface area contributed by atoms with Crippen LogP contribution in [0.5, 0.6) is 0 Å². The van der Waals surface area contributed by atoms with Crippen LogP contribution in [0.1, 0.15) is 28.4 Å². The van der Waals surface area contributed by atoms with Crippen LogP contribution in [0.15, 0.2) is 85.4 Å². The minimum atomic E-state index is -0.0251. The second-order valence-corrected chi connectivity index (χ2v) is 5.80. The highest BCUT2D eigenvalue weighted by atomic mass is 16.1. The number of carbonyl (C=O) groups excluding carboxylic acids is 1. The SMILES string of the molecule is C=C(C(=O)c1ccc(-c2ccccc2)cc1)c1cccc(CC)c1. The predicted octanol–water partition coefficient (Wildman–Crippen LogP) is 5.81. The van der Waals surface area contributed by atoms with Crippen molar-refractivity contribution in [3.8, 4) is 11.1 Å². The van der Waals surface area contributed by atoms with Gasteiger partial charge >= 0.3 is 0 Å². The molecule has 118 valence electrons. The van der Waals surface area contributed by atoms with Crippen molar-refractivity contribution in [1.82, 2.24) is 0 Å². The zero-order chi connectivity index (χ0) is 16.9. The molecule has 0 heterocycles. The molecule has 0 atom stereocenters. The lowest BCUT2D eigenvalue weighted by Crippen LogP contribution is -2.02. The number of rotatable bonds is 5. The number of benzene rings is 3. The monoisotopic (exact) mass is 312 g/mol. The molecule has 0 aromatic heterocycles. The van der Waals surface area contributed by atoms with Crippen molar-refractivity contribution < 1.29 is 4.79 Å². The van der Waals surface area contributed by atoms with Crippen LogP contribution >= 0.6 is 0 Å². The zero-order valence-electron chi connectivity index (χ0n) is 13.8. The van der Waals surface area contributed by atoms with Gasteiger partial charge in [-0.05, 0) is 28.7 Å². The maximum atomic E-state index is 12.7. The van der Waals surface area contributed by atoms with Crippen LogP contribution in [0.2, 0.25) is 0 Å². The van der Waals surface area contributed by atoms with Crippen LogP contribution < -0.4 is 0 Å². The average Bonchev–Trinajstić information content (AvgIpc) is 2.67. The summed E-state index contributed by atoms with van der Waals surface area (Å²) < 4.78 is 0. The van der Waals surface area contributed by atoms with Crippen LogP contribution in [-0.4, -0.2) is 5.78 Å². The molecule has 0 saturated carbocycles. The Bertz CT molecular complexity index is 858. The van der Waals surface area contributed by atoms with Crippen LogP contribution in [-0.2, 0) is 6.42 Å². The lowest BCUT2D eigenvalue weighted by molar-refractivity contribution is 0.105. The van der Waals surface area contributed by atoms with E-state index < -0.39 is 0 Å². The second kappa shape index (κ2) is 7.10. The van der Waals surface area contributed by atoms with Crippen molar-refractivity contribution in [2.75, 3.05) is 0 Å². The highest BCUT2D eigenvalue weighted by Crippen LogP contribution is 2.23. The number of hydrogen-bond acceptors (Lipinski definition) is 1. The molecule has 0 spiro atoms. The Morgan fingerprint density at radius 2 is 1.46 bits per heavy atom. The summed E-state index contributed by atoms with van der Waals surface area (Å²) in [6.07, 6.45) is 0.946. The third-order valence-electron chi connectivity index (χ3n) is 4.21. The van der Waals surface area contributed by atoms with Gasteiger partial charge in [0, 0.05) is 11.1 Å². The fraction of sp³-hybridized carbons (Fsp3) is 0.0870. The van der Waals surface area contributed by atoms with Crippen molar-refractivity contribution in [3.63, 3.8) is 0 Å². The van der Waals surface area contributed by atoms with Gasteiger partial charge in [-0.15, -0.1) is 0 Å². The van der Waals surface area contributed by atoms with E-state index in [1.54, 1.807) is 0 Å². The number of hydrogen-bond donors (Lipinski definition) is 0. The molecule has 1 heteroatoms. The minimum absolute atomic E-state index is 0.0251. The smallest absolute Gasteiger partial charge is 0.193 e. The highest BCUT2D eigenvalue weighted by Gasteiger charge is 2.12. The van der Waals surface area contributed by atoms with Crippen LogP contribution in [0.3, 0.4) is 0 Å². The number of carbonyl (C=O) groups is 1. The van der Waals surface area contributed by atoms with Gasteiger partial charge in [-0.2, -0.15) is 0 Å². The van der Waals surface area contributed by atoms with E-state index in [4.69, 9.17) is 0 Å². The van der Waals surface area contributed by atoms with Gasteiger partial charge in [-0.3, -0.25) is 4.79 Å². The molecule has 0 aliphatic rings. The molecule has 0 N–H and O–H groups in total. The Morgan fingerprint density at radius 1 is 0.792 bits per heavy atom. The third kappa shape index (κ3) is 3.36. The lowest BCUT2D eigenvalue weighted by Gasteiger charge is -2.08. The summed E-state index contributed by atoms with van der Waals surface area (Å²) in [5, 5.41) is 0. The normalized spacial score (nSPS) is 10.4. The van der Waals surface area contributed by atoms with Gasteiger partial charge in [0.2, 0.25) is 0 Å². The molecule has 0 saturated heterocycles. The first-order valence-electron chi connectivity index (χ1n) is 8.17. The largest absolute Gasteiger partial charge is 0.289 e. The number of allylic oxidation sites excluding steroid dienone is 1. The third-order valence-corrected chi connectivity index (χ3v) is 4.21. The molecule has 3 aromatic rings. The molecule has 0 unspecified atom stereocenters. The number of aryl methyl sites for hydroxylation is 1. The van der Waals surface area contributed by atoms with Crippen molar-refractivity contribution >= 4 is 11.4 Å². The zero-order valence-corrected chi connectivity index (χ0v) is 13.8. The van der Waals surface area contributed by atoms with Crippen LogP contribution in [0.4, 0.5) is 0 Å². The van der Waals surface area contributed by atoms with Gasteiger partial charge in [0.15, 0.2) is 5.78 Å². The molecule has 0 radical (unpaired) electrons. The predicted molar refractivity (Wildman–Crippen MR) is 101 cm³/mol. The molecule has 0 bridgehead atoms. The quantitative estimate of drug-likeness (QED) is 0.429. The van der Waals surface area contributed by atoms with E-state index in [1.807, 2.05) is 60.7 Å². The Hall–Kier alpha value is -2.93. The molecule has 24 heavy (non-hydrogen) atoms. The minimum Gasteiger partial charge on any atom is -0.289 e. The first-order valence-corrected chi connectivity index (χ1v) is 8.17. The van der Waals surface area contributed by atoms with E-state index in [2.05, 4.69) is 31.7 Å². The van der Waals surface area contributed by atoms with Gasteiger partial charge in [-0.1, -0.05) is 92.4 Å². The topological polar surface area (TPSA) is 17.1 Å². The van der Waals surface area contributed by atoms with E-state index in [0.717, 1.165) is 23.1 Å². The number of ketones is 1. The van der Waals surface area contributed by atoms with Gasteiger partial charge in [-0.25, -0.2) is 0 Å². The average molecular weight is 312 g/mol. The molecule has 0 amide bonds. The summed E-state index contributed by atoms with van der Waals surface area (Å²) in [7, 11) is 0. The van der Waals surface area contributed by atoms with Gasteiger partial charge in [0.05, 0.1) is 0 Å². The van der Waals surface area contributed by atoms with E-state index in [-0.39, 0.29) is 5.78 Å². The molecule has 1 nitrogen and oxygen atoms in total. The first kappa shape index (κ1) is 15.9. The molecule has 3 rings (SSSR count). The maximum Gasteiger partial charge on any atom is 0.193 e. The summed E-state index contributed by atoms with van der Waals surface area (Å²) in [5.41, 5.74) is 5.56. The van der Waals surface area contributed by atoms with E-state index in [1.165, 1.54) is 5.56 Å². The summed E-state index contributed by atoms with van der Waals surface area (Å²) in [6, 6.07) is 25.9. The molecule has 0 aliphatic heterocycles. The van der Waals surface area contributed by atoms with E-state index >= 15 is 0 Å². The summed E-state index contributed by atoms with van der Waals surface area (Å²) in [5.74, 6) is -0.0251. The second-order valence-electron chi connectivity index (χ2n) is 5.80. The van der Waals surface area contributed by atoms with Crippen LogP contribution in [0, 0.1) is 0 Å². The Morgan fingerprint density at radius 3 is 2.12 bits per heavy atom. The first-order chi connectivity index (χ1) is 11.7. The Kier molecular flexibility index (Phi) is 4.72. The summed E-state index contributed by atoms with van der Waals surface area (Å²) in [4.78, 5) is 12.7. The molecule has 3 aromatic carbocycles. The van der Waals surface area contributed by atoms with Crippen molar-refractivity contribution in [3.05, 3.63) is 102 Å². The van der Waals surface area contributed by atoms with Gasteiger partial charge in [0.1, 0.15) is 0 Å². The number of Topliss-reactive ketones (excluding diaryl/α,β-unsaturated/α-hetero) is 1. The van der Waals surface area contributed by atoms with Crippen LogP contribution in [0.25, 0.3) is 16.7 Å². The highest BCUT2D eigenvalue weighted by molar-refractivity contribution is 6.28. The van der Waals surface area contributed by atoms with Crippen molar-refractivity contribution in [2.24, 2.45) is 0 Å². The molecular weight excluding hydrogens is 292 g/mol. The van der Waals surface area contributed by atoms with E-state index in [0.29, 0.717) is 11.1 Å². The molecule has 0 fully saturated rings. The van der Waals surface area contributed by atoms with Crippen molar-refractivity contribution in [2.45, 2.75) is 13.3 Å². The summed E-state index contributed by atoms with van der Waals surface area (Å²) in [6.45, 7) is 6.11. The Labute approximate surface area is 143 Å². The van der Waals surface area contributed by atoms with Gasteiger partial charge < -0.3 is 0 Å². The fourth-order valence-electron chi connectivity index (χ4n) is 2.73. The standard InChI is InChI=1S/C23H20O/c1-3-18-8-7-11-22(16-18)17(2)23(24)21-14-12-20(13-15-21)19-9-5-4-6-10-19/h4-16H,2-3H2,1H3. The molecule has 0 aliphatic carbocycles. The fourth-order valence-corrected chi connectivity index (χ4v) is 2.73. The van der Waals surface area contributed by atoms with E-state index in [9.17, 15) is 4.79 Å². The maximum absolute atomic E-state index is 12.7. The molecular formula is C23H20O. The van der Waals surface area contributed by atoms with Gasteiger partial charge in [0.25, 0.3) is 0 Å². The lowest BCUT2D eigenvalue weighted by atomic mass is 9.95.